The van der Waals surface area contributed by atoms with Gasteiger partial charge in [-0.15, -0.1) is 0 Å². The zero-order valence-corrected chi connectivity index (χ0v) is 14.2. The SMILES string of the molecule is CCCNCc1cc(Br)c(OCc2ncon2)c(Br)c1. The Hall–Kier alpha value is -0.920. The van der Waals surface area contributed by atoms with E-state index in [1.54, 1.807) is 0 Å². The molecular weight excluding hydrogens is 390 g/mol. The maximum atomic E-state index is 5.69. The Morgan fingerprint density at radius 2 is 2.05 bits per heavy atom. The van der Waals surface area contributed by atoms with E-state index in [2.05, 4.69) is 58.8 Å². The molecule has 0 aliphatic carbocycles. The minimum Gasteiger partial charge on any atom is -0.483 e. The summed E-state index contributed by atoms with van der Waals surface area (Å²) < 4.78 is 12.1. The number of halogens is 2. The molecule has 0 saturated carbocycles. The lowest BCUT2D eigenvalue weighted by atomic mass is 10.2. The van der Waals surface area contributed by atoms with E-state index in [-0.39, 0.29) is 6.61 Å². The summed E-state index contributed by atoms with van der Waals surface area (Å²) in [7, 11) is 0. The molecule has 1 heterocycles. The fraction of sp³-hybridized carbons (Fsp3) is 0.385. The number of benzene rings is 1. The zero-order chi connectivity index (χ0) is 14.4. The van der Waals surface area contributed by atoms with Crippen molar-refractivity contribution in [1.82, 2.24) is 15.5 Å². The van der Waals surface area contributed by atoms with Crippen LogP contribution in [0.3, 0.4) is 0 Å². The van der Waals surface area contributed by atoms with Crippen molar-refractivity contribution >= 4 is 31.9 Å². The number of rotatable bonds is 7. The molecule has 2 rings (SSSR count). The molecule has 0 aliphatic heterocycles. The summed E-state index contributed by atoms with van der Waals surface area (Å²) in [4.78, 5) is 3.91. The largest absolute Gasteiger partial charge is 0.483 e. The van der Waals surface area contributed by atoms with Gasteiger partial charge in [-0.3, -0.25) is 0 Å². The minimum atomic E-state index is 0.265. The Morgan fingerprint density at radius 3 is 2.65 bits per heavy atom. The molecule has 108 valence electrons. The van der Waals surface area contributed by atoms with Crippen molar-refractivity contribution in [3.05, 3.63) is 38.9 Å². The third-order valence-corrected chi connectivity index (χ3v) is 3.74. The van der Waals surface area contributed by atoms with Crippen LogP contribution in [0.25, 0.3) is 0 Å². The van der Waals surface area contributed by atoms with Gasteiger partial charge in [-0.05, 0) is 62.5 Å². The van der Waals surface area contributed by atoms with Gasteiger partial charge < -0.3 is 14.6 Å². The lowest BCUT2D eigenvalue weighted by molar-refractivity contribution is 0.283. The summed E-state index contributed by atoms with van der Waals surface area (Å²) in [5.41, 5.74) is 1.18. The van der Waals surface area contributed by atoms with E-state index < -0.39 is 0 Å². The summed E-state index contributed by atoms with van der Waals surface area (Å²) in [5.74, 6) is 1.24. The van der Waals surface area contributed by atoms with Crippen molar-refractivity contribution in [1.29, 1.82) is 0 Å². The molecule has 0 bridgehead atoms. The predicted octanol–water partition coefficient (Wildman–Crippen LogP) is 3.67. The van der Waals surface area contributed by atoms with Gasteiger partial charge in [0.15, 0.2) is 6.61 Å². The van der Waals surface area contributed by atoms with Gasteiger partial charge in [-0.1, -0.05) is 12.1 Å². The van der Waals surface area contributed by atoms with E-state index in [0.29, 0.717) is 5.82 Å². The highest BCUT2D eigenvalue weighted by Crippen LogP contribution is 2.35. The van der Waals surface area contributed by atoms with E-state index in [1.807, 2.05) is 12.1 Å². The van der Waals surface area contributed by atoms with Crippen LogP contribution in [-0.2, 0) is 13.2 Å². The topological polar surface area (TPSA) is 60.2 Å². The second kappa shape index (κ2) is 7.75. The normalized spacial score (nSPS) is 10.8. The lowest BCUT2D eigenvalue weighted by Crippen LogP contribution is -2.13. The van der Waals surface area contributed by atoms with Crippen LogP contribution >= 0.6 is 31.9 Å². The molecule has 1 N–H and O–H groups in total. The molecule has 0 saturated heterocycles. The minimum absolute atomic E-state index is 0.265. The first-order valence-electron chi connectivity index (χ1n) is 6.27. The quantitative estimate of drug-likeness (QED) is 0.713. The van der Waals surface area contributed by atoms with E-state index >= 15 is 0 Å². The molecule has 7 heteroatoms. The van der Waals surface area contributed by atoms with Crippen LogP contribution in [0.4, 0.5) is 0 Å². The maximum Gasteiger partial charge on any atom is 0.213 e. The molecule has 0 fully saturated rings. The Kier molecular flexibility index (Phi) is 6.00. The molecule has 0 amide bonds. The fourth-order valence-corrected chi connectivity index (χ4v) is 3.16. The molecule has 1 aromatic carbocycles. The number of ether oxygens (including phenoxy) is 1. The molecule has 0 unspecified atom stereocenters. The van der Waals surface area contributed by atoms with Crippen LogP contribution in [-0.4, -0.2) is 16.7 Å². The van der Waals surface area contributed by atoms with Crippen molar-refractivity contribution in [2.75, 3.05) is 6.54 Å². The van der Waals surface area contributed by atoms with Crippen molar-refractivity contribution in [2.24, 2.45) is 0 Å². The summed E-state index contributed by atoms with van der Waals surface area (Å²) in [6, 6.07) is 4.08. The van der Waals surface area contributed by atoms with Crippen molar-refractivity contribution in [2.45, 2.75) is 26.5 Å². The highest BCUT2D eigenvalue weighted by atomic mass is 79.9. The van der Waals surface area contributed by atoms with Gasteiger partial charge in [0.2, 0.25) is 12.2 Å². The number of nitrogens with one attached hydrogen (secondary N) is 1. The standard InChI is InChI=1S/C13H15Br2N3O2/c1-2-3-16-6-9-4-10(14)13(11(15)5-9)19-7-12-17-8-20-18-12/h4-5,8,16H,2-3,6-7H2,1H3. The van der Waals surface area contributed by atoms with Gasteiger partial charge in [0.1, 0.15) is 5.75 Å². The highest BCUT2D eigenvalue weighted by Gasteiger charge is 2.10. The van der Waals surface area contributed by atoms with Gasteiger partial charge >= 0.3 is 0 Å². The summed E-state index contributed by atoms with van der Waals surface area (Å²) in [5, 5.41) is 7.07. The summed E-state index contributed by atoms with van der Waals surface area (Å²) >= 11 is 7.05. The molecule has 0 radical (unpaired) electrons. The number of nitrogens with zero attached hydrogens (tertiary/aromatic N) is 2. The van der Waals surface area contributed by atoms with E-state index in [4.69, 9.17) is 4.74 Å². The zero-order valence-electron chi connectivity index (χ0n) is 11.0. The van der Waals surface area contributed by atoms with Gasteiger partial charge in [-0.2, -0.15) is 4.98 Å². The average Bonchev–Trinajstić information content (AvgIpc) is 2.91. The van der Waals surface area contributed by atoms with E-state index in [9.17, 15) is 0 Å². The Labute approximate surface area is 134 Å². The second-order valence-corrected chi connectivity index (χ2v) is 5.91. The first-order chi connectivity index (χ1) is 9.70. The molecule has 2 aromatic rings. The number of aromatic nitrogens is 2. The van der Waals surface area contributed by atoms with Gasteiger partial charge in [0, 0.05) is 6.54 Å². The molecule has 5 nitrogen and oxygen atoms in total. The second-order valence-electron chi connectivity index (χ2n) is 4.20. The molecular formula is C13H15Br2N3O2. The third-order valence-electron chi connectivity index (χ3n) is 2.57. The molecule has 0 aliphatic rings. The molecule has 0 spiro atoms. The van der Waals surface area contributed by atoms with E-state index in [0.717, 1.165) is 34.2 Å². The molecule has 1 aromatic heterocycles. The van der Waals surface area contributed by atoms with Crippen molar-refractivity contribution < 1.29 is 9.26 Å². The van der Waals surface area contributed by atoms with Crippen LogP contribution in [0.15, 0.2) is 32.0 Å². The van der Waals surface area contributed by atoms with Crippen LogP contribution < -0.4 is 10.1 Å². The molecule has 20 heavy (non-hydrogen) atoms. The van der Waals surface area contributed by atoms with Crippen LogP contribution in [0, 0.1) is 0 Å². The fourth-order valence-electron chi connectivity index (χ4n) is 1.65. The summed E-state index contributed by atoms with van der Waals surface area (Å²) in [6.45, 7) is 4.25. The number of hydrogen-bond donors (Lipinski definition) is 1. The predicted molar refractivity (Wildman–Crippen MR) is 82.5 cm³/mol. The van der Waals surface area contributed by atoms with Crippen LogP contribution in [0.1, 0.15) is 24.7 Å². The van der Waals surface area contributed by atoms with Crippen LogP contribution in [0.5, 0.6) is 5.75 Å². The monoisotopic (exact) mass is 403 g/mol. The van der Waals surface area contributed by atoms with Crippen molar-refractivity contribution in [3.63, 3.8) is 0 Å². The van der Waals surface area contributed by atoms with Gasteiger partial charge in [0.25, 0.3) is 0 Å². The average molecular weight is 405 g/mol. The van der Waals surface area contributed by atoms with Gasteiger partial charge in [0.05, 0.1) is 8.95 Å². The number of hydrogen-bond acceptors (Lipinski definition) is 5. The molecule has 0 atom stereocenters. The van der Waals surface area contributed by atoms with E-state index in [1.165, 1.54) is 12.0 Å². The Morgan fingerprint density at radius 1 is 1.30 bits per heavy atom. The maximum absolute atomic E-state index is 5.69. The summed E-state index contributed by atoms with van der Waals surface area (Å²) in [6.07, 6.45) is 2.40. The smallest absolute Gasteiger partial charge is 0.213 e. The lowest BCUT2D eigenvalue weighted by Gasteiger charge is -2.11. The highest BCUT2D eigenvalue weighted by molar-refractivity contribution is 9.11. The van der Waals surface area contributed by atoms with Gasteiger partial charge in [-0.25, -0.2) is 0 Å². The first kappa shape index (κ1) is 15.5. The third kappa shape index (κ3) is 4.29. The first-order valence-corrected chi connectivity index (χ1v) is 7.86. The Balaban J connectivity index is 2.02. The Bertz CT molecular complexity index is 524. The van der Waals surface area contributed by atoms with Crippen LogP contribution in [0.2, 0.25) is 0 Å². The van der Waals surface area contributed by atoms with Crippen molar-refractivity contribution in [3.8, 4) is 5.75 Å².